The van der Waals surface area contributed by atoms with E-state index in [1.54, 1.807) is 19.2 Å². The molecule has 0 aliphatic heterocycles. The fourth-order valence-electron chi connectivity index (χ4n) is 2.12. The van der Waals surface area contributed by atoms with Gasteiger partial charge in [-0.1, -0.05) is 12.1 Å². The van der Waals surface area contributed by atoms with Crippen LogP contribution in [0, 0.1) is 5.82 Å². The van der Waals surface area contributed by atoms with Crippen LogP contribution in [0.3, 0.4) is 0 Å². The summed E-state index contributed by atoms with van der Waals surface area (Å²) >= 11 is 0. The molecule has 1 rings (SSSR count). The topological polar surface area (TPSA) is 70.8 Å². The lowest BCUT2D eigenvalue weighted by Crippen LogP contribution is -2.44. The van der Waals surface area contributed by atoms with Crippen LogP contribution in [0.1, 0.15) is 12.0 Å². The number of rotatable bonds is 9. The van der Waals surface area contributed by atoms with Crippen molar-refractivity contribution >= 4 is 5.97 Å². The van der Waals surface area contributed by atoms with Crippen LogP contribution in [0.2, 0.25) is 0 Å². The molecule has 0 aromatic heterocycles. The Labute approximate surface area is 124 Å². The highest BCUT2D eigenvalue weighted by atomic mass is 19.1. The molecule has 0 amide bonds. The summed E-state index contributed by atoms with van der Waals surface area (Å²) in [6.07, 6.45) is 0.353. The number of esters is 1. The number of hydrogen-bond acceptors (Lipinski definition) is 5. The SMILES string of the molecule is COCCOCCC(CN)(C(=O)OC)c1ccc(F)cc1. The molecule has 0 bridgehead atoms. The summed E-state index contributed by atoms with van der Waals surface area (Å²) in [5.41, 5.74) is 5.41. The summed E-state index contributed by atoms with van der Waals surface area (Å²) in [7, 11) is 2.89. The Morgan fingerprint density at radius 2 is 1.86 bits per heavy atom. The van der Waals surface area contributed by atoms with Crippen LogP contribution in [-0.4, -0.2) is 46.6 Å². The van der Waals surface area contributed by atoms with E-state index in [0.29, 0.717) is 31.8 Å². The summed E-state index contributed by atoms with van der Waals surface area (Å²) < 4.78 is 28.2. The molecule has 118 valence electrons. The molecule has 0 radical (unpaired) electrons. The minimum Gasteiger partial charge on any atom is -0.468 e. The zero-order chi connectivity index (χ0) is 15.7. The maximum atomic E-state index is 13.1. The van der Waals surface area contributed by atoms with Crippen LogP contribution in [0.15, 0.2) is 24.3 Å². The second kappa shape index (κ2) is 8.71. The Balaban J connectivity index is 2.88. The van der Waals surface area contributed by atoms with Gasteiger partial charge in [-0.15, -0.1) is 0 Å². The fraction of sp³-hybridized carbons (Fsp3) is 0.533. The highest BCUT2D eigenvalue weighted by Crippen LogP contribution is 2.29. The molecule has 6 heteroatoms. The van der Waals surface area contributed by atoms with E-state index in [0.717, 1.165) is 0 Å². The third kappa shape index (κ3) is 4.49. The van der Waals surface area contributed by atoms with E-state index in [1.165, 1.54) is 19.2 Å². The molecule has 0 aliphatic carbocycles. The van der Waals surface area contributed by atoms with E-state index in [-0.39, 0.29) is 12.4 Å². The first-order valence-electron chi connectivity index (χ1n) is 6.72. The Hall–Kier alpha value is -1.50. The van der Waals surface area contributed by atoms with E-state index in [9.17, 15) is 9.18 Å². The number of hydrogen-bond donors (Lipinski definition) is 1. The van der Waals surface area contributed by atoms with E-state index in [2.05, 4.69) is 0 Å². The van der Waals surface area contributed by atoms with Crippen molar-refractivity contribution in [2.75, 3.05) is 40.6 Å². The molecule has 1 atom stereocenters. The van der Waals surface area contributed by atoms with Crippen molar-refractivity contribution < 1.29 is 23.4 Å². The average Bonchev–Trinajstić information content (AvgIpc) is 2.51. The molecule has 0 fully saturated rings. The minimum absolute atomic E-state index is 0.0545. The van der Waals surface area contributed by atoms with E-state index in [4.69, 9.17) is 19.9 Å². The summed E-state index contributed by atoms with van der Waals surface area (Å²) in [6, 6.07) is 5.70. The van der Waals surface area contributed by atoms with E-state index in [1.807, 2.05) is 0 Å². The first-order valence-corrected chi connectivity index (χ1v) is 6.72. The summed E-state index contributed by atoms with van der Waals surface area (Å²) in [6.45, 7) is 1.29. The maximum absolute atomic E-state index is 13.1. The van der Waals surface area contributed by atoms with Crippen molar-refractivity contribution in [2.24, 2.45) is 5.73 Å². The van der Waals surface area contributed by atoms with Gasteiger partial charge in [-0.2, -0.15) is 0 Å². The number of methoxy groups -OCH3 is 2. The third-order valence-corrected chi connectivity index (χ3v) is 3.43. The zero-order valence-corrected chi connectivity index (χ0v) is 12.4. The summed E-state index contributed by atoms with van der Waals surface area (Å²) in [5, 5.41) is 0. The van der Waals surface area contributed by atoms with Gasteiger partial charge in [-0.3, -0.25) is 4.79 Å². The van der Waals surface area contributed by atoms with E-state index >= 15 is 0 Å². The molecule has 5 nitrogen and oxygen atoms in total. The van der Waals surface area contributed by atoms with Gasteiger partial charge < -0.3 is 19.9 Å². The van der Waals surface area contributed by atoms with Gasteiger partial charge in [0.05, 0.1) is 20.3 Å². The first kappa shape index (κ1) is 17.6. The molecule has 0 heterocycles. The fourth-order valence-corrected chi connectivity index (χ4v) is 2.12. The van der Waals surface area contributed by atoms with Crippen molar-refractivity contribution in [3.8, 4) is 0 Å². The van der Waals surface area contributed by atoms with Crippen LogP contribution in [-0.2, 0) is 24.4 Å². The molecular weight excluding hydrogens is 277 g/mol. The van der Waals surface area contributed by atoms with Crippen LogP contribution >= 0.6 is 0 Å². The van der Waals surface area contributed by atoms with Gasteiger partial charge in [0.1, 0.15) is 11.2 Å². The molecule has 0 aliphatic rings. The van der Waals surface area contributed by atoms with E-state index < -0.39 is 11.4 Å². The van der Waals surface area contributed by atoms with Crippen LogP contribution in [0.5, 0.6) is 0 Å². The summed E-state index contributed by atoms with van der Waals surface area (Å²) in [5.74, 6) is -0.821. The highest BCUT2D eigenvalue weighted by Gasteiger charge is 2.40. The number of halogens is 1. The van der Waals surface area contributed by atoms with Gasteiger partial charge in [0.15, 0.2) is 0 Å². The van der Waals surface area contributed by atoms with Crippen molar-refractivity contribution in [3.63, 3.8) is 0 Å². The highest BCUT2D eigenvalue weighted by molar-refractivity contribution is 5.83. The maximum Gasteiger partial charge on any atom is 0.317 e. The molecular formula is C15H22FNO4. The van der Waals surface area contributed by atoms with Gasteiger partial charge in [-0.25, -0.2) is 4.39 Å². The second-order valence-electron chi connectivity index (χ2n) is 4.64. The predicted octanol–water partition coefficient (Wildman–Crippen LogP) is 1.25. The zero-order valence-electron chi connectivity index (χ0n) is 12.4. The molecule has 2 N–H and O–H groups in total. The molecule has 0 spiro atoms. The molecule has 21 heavy (non-hydrogen) atoms. The van der Waals surface area contributed by atoms with Crippen LogP contribution in [0.25, 0.3) is 0 Å². The smallest absolute Gasteiger partial charge is 0.317 e. The van der Waals surface area contributed by atoms with Gasteiger partial charge in [0.2, 0.25) is 0 Å². The molecule has 1 unspecified atom stereocenters. The Morgan fingerprint density at radius 1 is 1.19 bits per heavy atom. The monoisotopic (exact) mass is 299 g/mol. The Bertz CT molecular complexity index is 438. The van der Waals surface area contributed by atoms with Crippen molar-refractivity contribution in [1.29, 1.82) is 0 Å². The standard InChI is InChI=1S/C15H22FNO4/c1-19-9-10-21-8-7-15(11-17,14(18)20-2)12-3-5-13(16)6-4-12/h3-6H,7-11,17H2,1-2H3. The van der Waals surface area contributed by atoms with Crippen molar-refractivity contribution in [2.45, 2.75) is 11.8 Å². The number of benzene rings is 1. The summed E-state index contributed by atoms with van der Waals surface area (Å²) in [4.78, 5) is 12.2. The lowest BCUT2D eigenvalue weighted by molar-refractivity contribution is -0.148. The molecule has 0 saturated heterocycles. The Kier molecular flexibility index (Phi) is 7.28. The van der Waals surface area contributed by atoms with Gasteiger partial charge in [0, 0.05) is 20.3 Å². The normalized spacial score (nSPS) is 13.7. The van der Waals surface area contributed by atoms with Gasteiger partial charge >= 0.3 is 5.97 Å². The largest absolute Gasteiger partial charge is 0.468 e. The van der Waals surface area contributed by atoms with Gasteiger partial charge in [-0.05, 0) is 24.1 Å². The lowest BCUT2D eigenvalue weighted by atomic mass is 9.77. The Morgan fingerprint density at radius 3 is 2.38 bits per heavy atom. The van der Waals surface area contributed by atoms with Crippen molar-refractivity contribution in [1.82, 2.24) is 0 Å². The van der Waals surface area contributed by atoms with Crippen LogP contribution in [0.4, 0.5) is 4.39 Å². The number of carbonyl (C=O) groups excluding carboxylic acids is 1. The number of ether oxygens (including phenoxy) is 3. The quantitative estimate of drug-likeness (QED) is 0.549. The minimum atomic E-state index is -1.03. The molecule has 1 aromatic carbocycles. The van der Waals surface area contributed by atoms with Crippen LogP contribution < -0.4 is 5.73 Å². The van der Waals surface area contributed by atoms with Crippen molar-refractivity contribution in [3.05, 3.63) is 35.6 Å². The lowest BCUT2D eigenvalue weighted by Gasteiger charge is -2.30. The average molecular weight is 299 g/mol. The molecule has 1 aromatic rings. The second-order valence-corrected chi connectivity index (χ2v) is 4.64. The molecule has 0 saturated carbocycles. The number of nitrogens with two attached hydrogens (primary N) is 1. The number of carbonyl (C=O) groups is 1. The predicted molar refractivity (Wildman–Crippen MR) is 76.5 cm³/mol. The third-order valence-electron chi connectivity index (χ3n) is 3.43. The first-order chi connectivity index (χ1) is 10.1. The van der Waals surface area contributed by atoms with Gasteiger partial charge in [0.25, 0.3) is 0 Å².